The average molecular weight is 240 g/mol. The maximum atomic E-state index is 10.8. The molecule has 17 heavy (non-hydrogen) atoms. The molecular weight excluding hydrogens is 212 g/mol. The molecule has 0 spiro atoms. The summed E-state index contributed by atoms with van der Waals surface area (Å²) < 4.78 is 0. The van der Waals surface area contributed by atoms with Gasteiger partial charge in [0.05, 0.1) is 0 Å². The number of carbonyl (C=O) groups excluding carboxylic acids is 1. The van der Waals surface area contributed by atoms with E-state index in [9.17, 15) is 4.79 Å². The first-order valence-electron chi connectivity index (χ1n) is 6.82. The molecule has 0 aliphatic heterocycles. The molecule has 0 N–H and O–H groups in total. The number of rotatable bonds is 8. The van der Waals surface area contributed by atoms with Gasteiger partial charge in [-0.05, 0) is 66.7 Å². The van der Waals surface area contributed by atoms with Crippen LogP contribution < -0.4 is 0 Å². The van der Waals surface area contributed by atoms with Gasteiger partial charge in [0.2, 0.25) is 0 Å². The van der Waals surface area contributed by atoms with Crippen molar-refractivity contribution in [3.8, 4) is 0 Å². The molecule has 3 heteroatoms. The van der Waals surface area contributed by atoms with E-state index < -0.39 is 0 Å². The first-order chi connectivity index (χ1) is 7.96. The predicted molar refractivity (Wildman–Crippen MR) is 72.3 cm³/mol. The highest BCUT2D eigenvalue weighted by Crippen LogP contribution is 2.36. The van der Waals surface area contributed by atoms with Crippen molar-refractivity contribution in [1.82, 2.24) is 9.80 Å². The number of carbonyl (C=O) groups is 1. The van der Waals surface area contributed by atoms with E-state index in [0.29, 0.717) is 11.3 Å². The summed E-state index contributed by atoms with van der Waals surface area (Å²) in [4.78, 5) is 15.7. The van der Waals surface area contributed by atoms with Gasteiger partial charge in [0.25, 0.3) is 0 Å². The molecule has 0 atom stereocenters. The number of nitrogens with zero attached hydrogens (tertiary/aromatic N) is 2. The van der Waals surface area contributed by atoms with Crippen molar-refractivity contribution in [2.24, 2.45) is 0 Å². The number of likely N-dealkylation sites (N-methyl/N-ethyl adjacent to an activating group) is 2. The maximum absolute atomic E-state index is 10.8. The highest BCUT2D eigenvalue weighted by molar-refractivity contribution is 5.75. The summed E-state index contributed by atoms with van der Waals surface area (Å²) in [6.07, 6.45) is 6.95. The third kappa shape index (κ3) is 4.40. The molecule has 1 aliphatic carbocycles. The van der Waals surface area contributed by atoms with Gasteiger partial charge in [-0.1, -0.05) is 0 Å². The zero-order valence-corrected chi connectivity index (χ0v) is 12.0. The maximum Gasteiger partial charge on any atom is 0.129 e. The summed E-state index contributed by atoms with van der Waals surface area (Å²) in [5.74, 6) is 0.316. The fourth-order valence-corrected chi connectivity index (χ4v) is 2.67. The smallest absolute Gasteiger partial charge is 0.129 e. The average Bonchev–Trinajstić information content (AvgIpc) is 2.17. The number of ketones is 1. The SMILES string of the molecule is CC(=O)CCCCN(C)CC1(N(C)C)CCC1. The highest BCUT2D eigenvalue weighted by atomic mass is 16.1. The van der Waals surface area contributed by atoms with E-state index in [1.807, 2.05) is 0 Å². The largest absolute Gasteiger partial charge is 0.305 e. The lowest BCUT2D eigenvalue weighted by atomic mass is 9.75. The standard InChI is InChI=1S/C14H28N2O/c1-13(17)8-5-6-11-16(4)12-14(15(2)3)9-7-10-14/h5-12H2,1-4H3. The number of unbranched alkanes of at least 4 members (excludes halogenated alkanes) is 1. The molecule has 0 aromatic carbocycles. The van der Waals surface area contributed by atoms with E-state index in [0.717, 1.165) is 25.8 Å². The number of hydrogen-bond donors (Lipinski definition) is 0. The van der Waals surface area contributed by atoms with Crippen LogP contribution in [0.1, 0.15) is 45.4 Å². The van der Waals surface area contributed by atoms with Gasteiger partial charge in [-0.25, -0.2) is 0 Å². The lowest BCUT2D eigenvalue weighted by Crippen LogP contribution is -2.56. The summed E-state index contributed by atoms with van der Waals surface area (Å²) >= 11 is 0. The minimum Gasteiger partial charge on any atom is -0.305 e. The van der Waals surface area contributed by atoms with Crippen LogP contribution in [-0.4, -0.2) is 55.4 Å². The predicted octanol–water partition coefficient (Wildman–Crippen LogP) is 2.16. The van der Waals surface area contributed by atoms with Crippen LogP contribution in [0.3, 0.4) is 0 Å². The van der Waals surface area contributed by atoms with Crippen LogP contribution in [0.15, 0.2) is 0 Å². The van der Waals surface area contributed by atoms with Crippen LogP contribution in [0.5, 0.6) is 0 Å². The van der Waals surface area contributed by atoms with E-state index in [2.05, 4.69) is 30.9 Å². The second-order valence-electron chi connectivity index (χ2n) is 5.87. The summed E-state index contributed by atoms with van der Waals surface area (Å²) in [6, 6.07) is 0. The van der Waals surface area contributed by atoms with Gasteiger partial charge in [0.1, 0.15) is 5.78 Å². The molecule has 1 saturated carbocycles. The monoisotopic (exact) mass is 240 g/mol. The second kappa shape index (κ2) is 6.50. The summed E-state index contributed by atoms with van der Waals surface area (Å²) in [6.45, 7) is 3.96. The van der Waals surface area contributed by atoms with E-state index >= 15 is 0 Å². The molecule has 3 nitrogen and oxygen atoms in total. The Morgan fingerprint density at radius 3 is 2.24 bits per heavy atom. The van der Waals surface area contributed by atoms with Gasteiger partial charge in [-0.3, -0.25) is 0 Å². The van der Waals surface area contributed by atoms with E-state index in [1.165, 1.54) is 25.8 Å². The van der Waals surface area contributed by atoms with Crippen LogP contribution in [0, 0.1) is 0 Å². The van der Waals surface area contributed by atoms with Gasteiger partial charge in [-0.15, -0.1) is 0 Å². The van der Waals surface area contributed by atoms with Crippen molar-refractivity contribution in [3.63, 3.8) is 0 Å². The molecule has 1 aliphatic rings. The Morgan fingerprint density at radius 1 is 1.18 bits per heavy atom. The van der Waals surface area contributed by atoms with Crippen LogP contribution >= 0.6 is 0 Å². The van der Waals surface area contributed by atoms with Crippen molar-refractivity contribution in [1.29, 1.82) is 0 Å². The van der Waals surface area contributed by atoms with Crippen LogP contribution in [-0.2, 0) is 4.79 Å². The summed E-state index contributed by atoms with van der Waals surface area (Å²) in [5.41, 5.74) is 0.426. The van der Waals surface area contributed by atoms with Crippen molar-refractivity contribution < 1.29 is 4.79 Å². The molecule has 0 radical (unpaired) electrons. The normalized spacial score (nSPS) is 18.5. The first kappa shape index (κ1) is 14.7. The Labute approximate surface area is 106 Å². The Morgan fingerprint density at radius 2 is 1.82 bits per heavy atom. The van der Waals surface area contributed by atoms with Crippen molar-refractivity contribution in [2.45, 2.75) is 51.0 Å². The third-order valence-electron chi connectivity index (χ3n) is 4.12. The van der Waals surface area contributed by atoms with Gasteiger partial charge < -0.3 is 14.6 Å². The van der Waals surface area contributed by atoms with Crippen LogP contribution in [0.25, 0.3) is 0 Å². The lowest BCUT2D eigenvalue weighted by Gasteiger charge is -2.49. The third-order valence-corrected chi connectivity index (χ3v) is 4.12. The van der Waals surface area contributed by atoms with Gasteiger partial charge in [0, 0.05) is 18.5 Å². The van der Waals surface area contributed by atoms with Gasteiger partial charge in [0.15, 0.2) is 0 Å². The molecule has 0 saturated heterocycles. The number of hydrogen-bond acceptors (Lipinski definition) is 3. The second-order valence-corrected chi connectivity index (χ2v) is 5.87. The number of Topliss-reactive ketones (excluding diaryl/α,β-unsaturated/α-hetero) is 1. The van der Waals surface area contributed by atoms with E-state index in [-0.39, 0.29) is 0 Å². The zero-order chi connectivity index (χ0) is 12.9. The fourth-order valence-electron chi connectivity index (χ4n) is 2.67. The Bertz CT molecular complexity index is 247. The Hall–Kier alpha value is -0.410. The van der Waals surface area contributed by atoms with Crippen LogP contribution in [0.2, 0.25) is 0 Å². The van der Waals surface area contributed by atoms with Crippen LogP contribution in [0.4, 0.5) is 0 Å². The fraction of sp³-hybridized carbons (Fsp3) is 0.929. The quantitative estimate of drug-likeness (QED) is 0.607. The van der Waals surface area contributed by atoms with Gasteiger partial charge >= 0.3 is 0 Å². The molecule has 0 aromatic rings. The Balaban J connectivity index is 2.20. The highest BCUT2D eigenvalue weighted by Gasteiger charge is 2.39. The van der Waals surface area contributed by atoms with E-state index in [4.69, 9.17) is 0 Å². The summed E-state index contributed by atoms with van der Waals surface area (Å²) in [7, 11) is 6.60. The van der Waals surface area contributed by atoms with Crippen molar-refractivity contribution >= 4 is 5.78 Å². The summed E-state index contributed by atoms with van der Waals surface area (Å²) in [5, 5.41) is 0. The molecule has 1 fully saturated rings. The topological polar surface area (TPSA) is 23.6 Å². The molecule has 0 bridgehead atoms. The van der Waals surface area contributed by atoms with E-state index in [1.54, 1.807) is 6.92 Å². The first-order valence-corrected chi connectivity index (χ1v) is 6.82. The molecule has 0 amide bonds. The lowest BCUT2D eigenvalue weighted by molar-refractivity contribution is -0.117. The van der Waals surface area contributed by atoms with Crippen molar-refractivity contribution in [2.75, 3.05) is 34.2 Å². The zero-order valence-electron chi connectivity index (χ0n) is 12.0. The molecule has 1 rings (SSSR count). The minimum atomic E-state index is 0.316. The molecule has 100 valence electrons. The minimum absolute atomic E-state index is 0.316. The molecule has 0 heterocycles. The molecular formula is C14H28N2O. The molecule has 0 unspecified atom stereocenters. The van der Waals surface area contributed by atoms with Crippen molar-refractivity contribution in [3.05, 3.63) is 0 Å². The van der Waals surface area contributed by atoms with Gasteiger partial charge in [-0.2, -0.15) is 0 Å². The molecule has 0 aromatic heterocycles. The Kier molecular flexibility index (Phi) is 5.60.